The van der Waals surface area contributed by atoms with Gasteiger partial charge in [0, 0.05) is 54.6 Å². The predicted octanol–water partition coefficient (Wildman–Crippen LogP) is 5.74. The number of nitrogens with zero attached hydrogens (tertiary/aromatic N) is 3. The van der Waals surface area contributed by atoms with Crippen LogP contribution in [-0.4, -0.2) is 58.1 Å². The van der Waals surface area contributed by atoms with Crippen molar-refractivity contribution < 1.29 is 18.8 Å². The summed E-state index contributed by atoms with van der Waals surface area (Å²) in [6.07, 6.45) is 1.59. The molecule has 2 amide bonds. The molecule has 7 nitrogen and oxygen atoms in total. The van der Waals surface area contributed by atoms with Crippen molar-refractivity contribution >= 4 is 34.2 Å². The third-order valence-electron chi connectivity index (χ3n) is 7.85. The maximum absolute atomic E-state index is 13.6. The Morgan fingerprint density at radius 1 is 0.902 bits per heavy atom. The van der Waals surface area contributed by atoms with Gasteiger partial charge in [-0.15, -0.1) is 0 Å². The van der Waals surface area contributed by atoms with Crippen molar-refractivity contribution in [2.45, 2.75) is 32.9 Å². The lowest BCUT2D eigenvalue weighted by atomic mass is 9.96. The number of carbonyl (C=O) groups is 3. The molecule has 1 aliphatic heterocycles. The monoisotopic (exact) mass is 552 g/mol. The fourth-order valence-corrected chi connectivity index (χ4v) is 5.42. The first-order chi connectivity index (χ1) is 19.7. The predicted molar refractivity (Wildman–Crippen MR) is 157 cm³/mol. The largest absolute Gasteiger partial charge is 0.333 e. The van der Waals surface area contributed by atoms with E-state index in [4.69, 9.17) is 0 Å². The lowest BCUT2D eigenvalue weighted by Gasteiger charge is -2.45. The van der Waals surface area contributed by atoms with E-state index < -0.39 is 11.7 Å². The average Bonchev–Trinajstić information content (AvgIpc) is 3.00. The lowest BCUT2D eigenvalue weighted by Crippen LogP contribution is -2.57. The Kier molecular flexibility index (Phi) is 8.21. The number of nitrogens with one attached hydrogen (secondary N) is 1. The summed E-state index contributed by atoms with van der Waals surface area (Å²) in [7, 11) is 0. The smallest absolute Gasteiger partial charge is 0.296 e. The molecule has 1 aromatic heterocycles. The van der Waals surface area contributed by atoms with Gasteiger partial charge < -0.3 is 10.2 Å². The molecule has 0 saturated carbocycles. The summed E-state index contributed by atoms with van der Waals surface area (Å²) in [6, 6.07) is 22.1. The number of rotatable bonds is 7. The molecule has 41 heavy (non-hydrogen) atoms. The standard InChI is InChI=1S/C33H33FN4O3/c1-21(2)29-20-37(22(3)23-9-13-26(34)14-10-23)18-19-38(29)33(41)25-11-15-27(16-12-25)36-32(40)31(39)28-8-4-6-24-7-5-17-35-30(24)28/h4-17,21-22,29H,18-20H2,1-3H3,(H,36,40). The highest BCUT2D eigenvalue weighted by molar-refractivity contribution is 6.48. The molecule has 2 heterocycles. The summed E-state index contributed by atoms with van der Waals surface area (Å²) in [5.41, 5.74) is 2.69. The molecule has 1 N–H and O–H groups in total. The van der Waals surface area contributed by atoms with Gasteiger partial charge in [-0.1, -0.05) is 44.2 Å². The Balaban J connectivity index is 1.25. The van der Waals surface area contributed by atoms with Gasteiger partial charge in [0.15, 0.2) is 0 Å². The zero-order valence-electron chi connectivity index (χ0n) is 23.4. The van der Waals surface area contributed by atoms with Crippen molar-refractivity contribution in [1.82, 2.24) is 14.8 Å². The van der Waals surface area contributed by atoms with Crippen molar-refractivity contribution in [3.8, 4) is 0 Å². The molecular formula is C33H33FN4O3. The zero-order valence-corrected chi connectivity index (χ0v) is 23.4. The minimum absolute atomic E-state index is 0.00505. The number of halogens is 1. The molecule has 2 atom stereocenters. The maximum Gasteiger partial charge on any atom is 0.296 e. The van der Waals surface area contributed by atoms with Crippen molar-refractivity contribution in [3.63, 3.8) is 0 Å². The molecule has 0 radical (unpaired) electrons. The lowest BCUT2D eigenvalue weighted by molar-refractivity contribution is -0.112. The van der Waals surface area contributed by atoms with Crippen LogP contribution in [0.4, 0.5) is 10.1 Å². The Labute approximate surface area is 239 Å². The molecule has 1 saturated heterocycles. The first-order valence-electron chi connectivity index (χ1n) is 13.8. The number of amides is 2. The topological polar surface area (TPSA) is 82.6 Å². The van der Waals surface area contributed by atoms with Gasteiger partial charge in [0.25, 0.3) is 17.6 Å². The fourth-order valence-electron chi connectivity index (χ4n) is 5.42. The van der Waals surface area contributed by atoms with Crippen LogP contribution in [0, 0.1) is 11.7 Å². The maximum atomic E-state index is 13.6. The van der Waals surface area contributed by atoms with Crippen molar-refractivity contribution in [3.05, 3.63) is 108 Å². The van der Waals surface area contributed by atoms with E-state index in [0.29, 0.717) is 36.4 Å². The molecule has 5 rings (SSSR count). The second kappa shape index (κ2) is 12.0. The van der Waals surface area contributed by atoms with E-state index in [1.165, 1.54) is 12.1 Å². The van der Waals surface area contributed by atoms with E-state index >= 15 is 0 Å². The fraction of sp³-hybridized carbons (Fsp3) is 0.273. The number of hydrogen-bond acceptors (Lipinski definition) is 5. The van der Waals surface area contributed by atoms with Crippen LogP contribution < -0.4 is 5.32 Å². The molecule has 3 aromatic carbocycles. The van der Waals surface area contributed by atoms with Gasteiger partial charge in [0.2, 0.25) is 0 Å². The highest BCUT2D eigenvalue weighted by atomic mass is 19.1. The number of para-hydroxylation sites is 1. The summed E-state index contributed by atoms with van der Waals surface area (Å²) in [5, 5.41) is 3.42. The highest BCUT2D eigenvalue weighted by Crippen LogP contribution is 2.28. The highest BCUT2D eigenvalue weighted by Gasteiger charge is 2.34. The van der Waals surface area contributed by atoms with Gasteiger partial charge in [-0.25, -0.2) is 4.39 Å². The molecule has 8 heteroatoms. The second-order valence-corrected chi connectivity index (χ2v) is 10.8. The molecular weight excluding hydrogens is 519 g/mol. The number of pyridine rings is 1. The van der Waals surface area contributed by atoms with Crippen LogP contribution in [0.5, 0.6) is 0 Å². The van der Waals surface area contributed by atoms with Gasteiger partial charge in [0.1, 0.15) is 5.82 Å². The van der Waals surface area contributed by atoms with Gasteiger partial charge in [-0.2, -0.15) is 0 Å². The van der Waals surface area contributed by atoms with Crippen molar-refractivity contribution in [2.75, 3.05) is 25.0 Å². The average molecular weight is 553 g/mol. The van der Waals surface area contributed by atoms with Gasteiger partial charge in [0.05, 0.1) is 11.1 Å². The summed E-state index contributed by atoms with van der Waals surface area (Å²) in [6.45, 7) is 8.31. The van der Waals surface area contributed by atoms with E-state index in [-0.39, 0.29) is 35.3 Å². The number of aromatic nitrogens is 1. The third kappa shape index (κ3) is 6.02. The molecule has 0 bridgehead atoms. The van der Waals surface area contributed by atoms with Crippen molar-refractivity contribution in [2.24, 2.45) is 5.92 Å². The van der Waals surface area contributed by atoms with E-state index in [1.54, 1.807) is 48.7 Å². The molecule has 0 spiro atoms. The summed E-state index contributed by atoms with van der Waals surface area (Å²) < 4.78 is 13.4. The first kappa shape index (κ1) is 28.1. The quantitative estimate of drug-likeness (QED) is 0.234. The summed E-state index contributed by atoms with van der Waals surface area (Å²) in [4.78, 5) is 47.7. The second-order valence-electron chi connectivity index (χ2n) is 10.8. The normalized spacial score (nSPS) is 16.5. The number of anilines is 1. The number of hydrogen-bond donors (Lipinski definition) is 1. The number of benzene rings is 3. The summed E-state index contributed by atoms with van der Waals surface area (Å²) >= 11 is 0. The van der Waals surface area contributed by atoms with Crippen LogP contribution in [0.3, 0.4) is 0 Å². The molecule has 0 aliphatic carbocycles. The SMILES string of the molecule is CC(C)C1CN(C(C)c2ccc(F)cc2)CCN1C(=O)c1ccc(NC(=O)C(=O)c2cccc3cccnc23)cc1. The van der Waals surface area contributed by atoms with Crippen LogP contribution in [-0.2, 0) is 4.79 Å². The summed E-state index contributed by atoms with van der Waals surface area (Å²) in [5.74, 6) is -1.55. The molecule has 210 valence electrons. The van der Waals surface area contributed by atoms with Crippen LogP contribution in [0.25, 0.3) is 10.9 Å². The van der Waals surface area contributed by atoms with Crippen LogP contribution in [0.15, 0.2) is 85.1 Å². The van der Waals surface area contributed by atoms with E-state index in [2.05, 4.69) is 36.0 Å². The number of fused-ring (bicyclic) bond motifs is 1. The Morgan fingerprint density at radius 2 is 1.61 bits per heavy atom. The first-order valence-corrected chi connectivity index (χ1v) is 13.8. The number of piperazine rings is 1. The number of ketones is 1. The molecule has 2 unspecified atom stereocenters. The number of carbonyl (C=O) groups excluding carboxylic acids is 3. The minimum atomic E-state index is -0.770. The zero-order chi connectivity index (χ0) is 29.1. The van der Waals surface area contributed by atoms with Gasteiger partial charge in [-0.3, -0.25) is 24.3 Å². The van der Waals surface area contributed by atoms with Gasteiger partial charge in [-0.05, 0) is 66.9 Å². The van der Waals surface area contributed by atoms with E-state index in [0.717, 1.165) is 10.9 Å². The van der Waals surface area contributed by atoms with Crippen molar-refractivity contribution in [1.29, 1.82) is 0 Å². The van der Waals surface area contributed by atoms with E-state index in [1.807, 2.05) is 29.2 Å². The van der Waals surface area contributed by atoms with Gasteiger partial charge >= 0.3 is 0 Å². The van der Waals surface area contributed by atoms with Crippen LogP contribution in [0.1, 0.15) is 53.1 Å². The van der Waals surface area contributed by atoms with Crippen LogP contribution in [0.2, 0.25) is 0 Å². The number of Topliss-reactive ketones (excluding diaryl/α,β-unsaturated/α-hetero) is 1. The molecule has 1 fully saturated rings. The minimum Gasteiger partial charge on any atom is -0.333 e. The Bertz CT molecular complexity index is 1560. The third-order valence-corrected chi connectivity index (χ3v) is 7.85. The molecule has 1 aliphatic rings. The molecule has 4 aromatic rings. The Hall–Kier alpha value is -4.43. The van der Waals surface area contributed by atoms with Crippen LogP contribution >= 0.6 is 0 Å². The van der Waals surface area contributed by atoms with E-state index in [9.17, 15) is 18.8 Å². The Morgan fingerprint density at radius 3 is 2.32 bits per heavy atom.